The molecular weight excluding hydrogens is 312 g/mol. The Morgan fingerprint density at radius 2 is 2.16 bits per heavy atom. The SMILES string of the molecule is COCCOCCCNC(=O)c1cc(Br)ccc1N. The number of anilines is 1. The van der Waals surface area contributed by atoms with Gasteiger partial charge in [-0.25, -0.2) is 0 Å². The third-order valence-electron chi connectivity index (χ3n) is 2.44. The number of nitrogen functional groups attached to an aromatic ring is 1. The molecule has 0 atom stereocenters. The second kappa shape index (κ2) is 8.90. The molecule has 0 spiro atoms. The monoisotopic (exact) mass is 330 g/mol. The molecule has 0 aliphatic rings. The summed E-state index contributed by atoms with van der Waals surface area (Å²) in [4.78, 5) is 11.9. The van der Waals surface area contributed by atoms with Crippen molar-refractivity contribution in [3.63, 3.8) is 0 Å². The van der Waals surface area contributed by atoms with Crippen LogP contribution in [-0.2, 0) is 9.47 Å². The molecule has 1 aromatic carbocycles. The van der Waals surface area contributed by atoms with E-state index in [1.165, 1.54) is 0 Å². The van der Waals surface area contributed by atoms with E-state index in [1.54, 1.807) is 25.3 Å². The van der Waals surface area contributed by atoms with Crippen LogP contribution in [0.25, 0.3) is 0 Å². The van der Waals surface area contributed by atoms with Gasteiger partial charge in [0.2, 0.25) is 0 Å². The van der Waals surface area contributed by atoms with Gasteiger partial charge in [-0.15, -0.1) is 0 Å². The molecule has 3 N–H and O–H groups in total. The smallest absolute Gasteiger partial charge is 0.253 e. The van der Waals surface area contributed by atoms with Crippen LogP contribution >= 0.6 is 15.9 Å². The molecule has 0 saturated carbocycles. The van der Waals surface area contributed by atoms with Gasteiger partial charge in [0.15, 0.2) is 0 Å². The highest BCUT2D eigenvalue weighted by Crippen LogP contribution is 2.18. The third kappa shape index (κ3) is 6.04. The standard InChI is InChI=1S/C13H19BrN2O3/c1-18-7-8-19-6-2-5-16-13(17)11-9-10(14)3-4-12(11)15/h3-4,9H,2,5-8,15H2,1H3,(H,16,17). The predicted molar refractivity (Wildman–Crippen MR) is 78.2 cm³/mol. The lowest BCUT2D eigenvalue weighted by atomic mass is 10.1. The minimum atomic E-state index is -0.171. The molecule has 0 aromatic heterocycles. The van der Waals surface area contributed by atoms with Crippen LogP contribution < -0.4 is 11.1 Å². The summed E-state index contributed by atoms with van der Waals surface area (Å²) < 4.78 is 11.0. The van der Waals surface area contributed by atoms with Crippen molar-refractivity contribution in [1.29, 1.82) is 0 Å². The highest BCUT2D eigenvalue weighted by Gasteiger charge is 2.09. The number of nitrogens with two attached hydrogens (primary N) is 1. The van der Waals surface area contributed by atoms with Gasteiger partial charge in [0.05, 0.1) is 18.8 Å². The molecule has 1 rings (SSSR count). The number of amides is 1. The van der Waals surface area contributed by atoms with Crippen LogP contribution in [-0.4, -0.2) is 39.4 Å². The number of hydrogen-bond donors (Lipinski definition) is 2. The molecule has 0 saturated heterocycles. The van der Waals surface area contributed by atoms with Crippen LogP contribution in [0.4, 0.5) is 5.69 Å². The maximum absolute atomic E-state index is 11.9. The van der Waals surface area contributed by atoms with Crippen molar-refractivity contribution < 1.29 is 14.3 Å². The normalized spacial score (nSPS) is 10.4. The fourth-order valence-corrected chi connectivity index (χ4v) is 1.80. The number of carbonyl (C=O) groups excluding carboxylic acids is 1. The van der Waals surface area contributed by atoms with Gasteiger partial charge < -0.3 is 20.5 Å². The van der Waals surface area contributed by atoms with Crippen LogP contribution in [0.5, 0.6) is 0 Å². The van der Waals surface area contributed by atoms with Crippen molar-refractivity contribution in [3.8, 4) is 0 Å². The zero-order valence-corrected chi connectivity index (χ0v) is 12.5. The van der Waals surface area contributed by atoms with Gasteiger partial charge in [0.1, 0.15) is 0 Å². The van der Waals surface area contributed by atoms with E-state index >= 15 is 0 Å². The molecule has 1 aromatic rings. The van der Waals surface area contributed by atoms with E-state index in [-0.39, 0.29) is 5.91 Å². The molecule has 106 valence electrons. The quantitative estimate of drug-likeness (QED) is 0.563. The zero-order valence-electron chi connectivity index (χ0n) is 10.9. The first-order chi connectivity index (χ1) is 9.15. The summed E-state index contributed by atoms with van der Waals surface area (Å²) in [5, 5.41) is 2.81. The lowest BCUT2D eigenvalue weighted by Gasteiger charge is -2.08. The Balaban J connectivity index is 2.26. The summed E-state index contributed by atoms with van der Waals surface area (Å²) in [5.41, 5.74) is 6.71. The van der Waals surface area contributed by atoms with Crippen LogP contribution in [0.1, 0.15) is 16.8 Å². The minimum absolute atomic E-state index is 0.171. The Bertz CT molecular complexity index is 413. The van der Waals surface area contributed by atoms with Gasteiger partial charge in [-0.05, 0) is 24.6 Å². The highest BCUT2D eigenvalue weighted by molar-refractivity contribution is 9.10. The van der Waals surface area contributed by atoms with Crippen molar-refractivity contribution in [2.24, 2.45) is 0 Å². The fourth-order valence-electron chi connectivity index (χ4n) is 1.44. The van der Waals surface area contributed by atoms with Gasteiger partial charge >= 0.3 is 0 Å². The number of benzene rings is 1. The highest BCUT2D eigenvalue weighted by atomic mass is 79.9. The topological polar surface area (TPSA) is 73.6 Å². The second-order valence-electron chi connectivity index (χ2n) is 3.95. The van der Waals surface area contributed by atoms with Crippen molar-refractivity contribution >= 4 is 27.5 Å². The van der Waals surface area contributed by atoms with Gasteiger partial charge in [0, 0.05) is 30.4 Å². The summed E-state index contributed by atoms with van der Waals surface area (Å²) in [7, 11) is 1.63. The van der Waals surface area contributed by atoms with Gasteiger partial charge in [-0.1, -0.05) is 15.9 Å². The Morgan fingerprint density at radius 3 is 2.89 bits per heavy atom. The largest absolute Gasteiger partial charge is 0.398 e. The minimum Gasteiger partial charge on any atom is -0.398 e. The number of halogens is 1. The second-order valence-corrected chi connectivity index (χ2v) is 4.86. The molecule has 5 nitrogen and oxygen atoms in total. The van der Waals surface area contributed by atoms with Crippen LogP contribution in [0.2, 0.25) is 0 Å². The Hall–Kier alpha value is -1.11. The third-order valence-corrected chi connectivity index (χ3v) is 2.94. The van der Waals surface area contributed by atoms with E-state index in [2.05, 4.69) is 21.2 Å². The van der Waals surface area contributed by atoms with Crippen molar-refractivity contribution in [1.82, 2.24) is 5.32 Å². The first-order valence-electron chi connectivity index (χ1n) is 6.05. The molecule has 0 aliphatic heterocycles. The van der Waals surface area contributed by atoms with E-state index < -0.39 is 0 Å². The van der Waals surface area contributed by atoms with Crippen molar-refractivity contribution in [2.45, 2.75) is 6.42 Å². The molecule has 0 heterocycles. The van der Waals surface area contributed by atoms with Crippen LogP contribution in [0.15, 0.2) is 22.7 Å². The van der Waals surface area contributed by atoms with E-state index in [1.807, 2.05) is 0 Å². The fraction of sp³-hybridized carbons (Fsp3) is 0.462. The van der Waals surface area contributed by atoms with E-state index in [9.17, 15) is 4.79 Å². The summed E-state index contributed by atoms with van der Waals surface area (Å²) in [5.74, 6) is -0.171. The number of nitrogens with one attached hydrogen (secondary N) is 1. The maximum atomic E-state index is 11.9. The van der Waals surface area contributed by atoms with E-state index in [0.29, 0.717) is 37.6 Å². The molecular formula is C13H19BrN2O3. The molecule has 0 unspecified atom stereocenters. The van der Waals surface area contributed by atoms with Gasteiger partial charge in [-0.2, -0.15) is 0 Å². The van der Waals surface area contributed by atoms with Crippen LogP contribution in [0, 0.1) is 0 Å². The summed E-state index contributed by atoms with van der Waals surface area (Å²) >= 11 is 3.31. The summed E-state index contributed by atoms with van der Waals surface area (Å²) in [6.45, 7) is 2.30. The molecule has 0 fully saturated rings. The van der Waals surface area contributed by atoms with Crippen LogP contribution in [0.3, 0.4) is 0 Å². The number of methoxy groups -OCH3 is 1. The first kappa shape index (κ1) is 15.9. The number of hydrogen-bond acceptors (Lipinski definition) is 4. The Labute approximate surface area is 121 Å². The lowest BCUT2D eigenvalue weighted by Crippen LogP contribution is -2.26. The van der Waals surface area contributed by atoms with Gasteiger partial charge in [0.25, 0.3) is 5.91 Å². The van der Waals surface area contributed by atoms with E-state index in [4.69, 9.17) is 15.2 Å². The Kier molecular flexibility index (Phi) is 7.47. The zero-order chi connectivity index (χ0) is 14.1. The molecule has 0 bridgehead atoms. The van der Waals surface area contributed by atoms with Crippen molar-refractivity contribution in [2.75, 3.05) is 39.2 Å². The summed E-state index contributed by atoms with van der Waals surface area (Å²) in [6.07, 6.45) is 0.753. The number of carbonyl (C=O) groups is 1. The van der Waals surface area contributed by atoms with Crippen molar-refractivity contribution in [3.05, 3.63) is 28.2 Å². The average molecular weight is 331 g/mol. The Morgan fingerprint density at radius 1 is 1.37 bits per heavy atom. The first-order valence-corrected chi connectivity index (χ1v) is 6.84. The predicted octanol–water partition coefficient (Wildman–Crippen LogP) is 1.81. The maximum Gasteiger partial charge on any atom is 0.253 e. The average Bonchev–Trinajstić information content (AvgIpc) is 2.40. The van der Waals surface area contributed by atoms with Gasteiger partial charge in [-0.3, -0.25) is 4.79 Å². The summed E-state index contributed by atoms with van der Waals surface area (Å²) in [6, 6.07) is 5.21. The number of ether oxygens (including phenoxy) is 2. The van der Waals surface area contributed by atoms with E-state index in [0.717, 1.165) is 10.9 Å². The molecule has 6 heteroatoms. The lowest BCUT2D eigenvalue weighted by molar-refractivity contribution is 0.0688. The number of rotatable bonds is 8. The molecule has 0 aliphatic carbocycles. The molecule has 0 radical (unpaired) electrons. The molecule has 1 amide bonds. The molecule has 19 heavy (non-hydrogen) atoms.